The summed E-state index contributed by atoms with van der Waals surface area (Å²) in [6, 6.07) is 3.31. The summed E-state index contributed by atoms with van der Waals surface area (Å²) in [5.41, 5.74) is 0. The number of aliphatic hydroxyl groups is 1. The average Bonchev–Trinajstić information content (AvgIpc) is 2.63. The van der Waals surface area contributed by atoms with E-state index in [1.165, 1.54) is 0 Å². The Morgan fingerprint density at radius 3 is 2.67 bits per heavy atom. The summed E-state index contributed by atoms with van der Waals surface area (Å²) in [7, 11) is 0. The van der Waals surface area contributed by atoms with E-state index >= 15 is 0 Å². The lowest BCUT2D eigenvalue weighted by atomic mass is 10.1. The lowest BCUT2D eigenvalue weighted by Gasteiger charge is -2.18. The van der Waals surface area contributed by atoms with Gasteiger partial charge in [-0.2, -0.15) is 0 Å². The maximum atomic E-state index is 11.6. The summed E-state index contributed by atoms with van der Waals surface area (Å²) in [6.07, 6.45) is 0. The van der Waals surface area contributed by atoms with Crippen molar-refractivity contribution in [1.82, 2.24) is 5.32 Å². The summed E-state index contributed by atoms with van der Waals surface area (Å²) < 4.78 is 5.19. The Kier molecular flexibility index (Phi) is 3.91. The molecule has 1 heterocycles. The molecule has 1 aromatic rings. The smallest absolute Gasteiger partial charge is 0.287 e. The van der Waals surface area contributed by atoms with Crippen molar-refractivity contribution in [3.05, 3.63) is 23.7 Å². The zero-order valence-electron chi connectivity index (χ0n) is 9.28. The van der Waals surface area contributed by atoms with Crippen LogP contribution in [0.4, 0.5) is 0 Å². The summed E-state index contributed by atoms with van der Waals surface area (Å²) in [4.78, 5) is 11.6. The van der Waals surface area contributed by atoms with E-state index in [1.54, 1.807) is 19.1 Å². The quantitative estimate of drug-likeness (QED) is 0.789. The highest BCUT2D eigenvalue weighted by Gasteiger charge is 2.16. The van der Waals surface area contributed by atoms with Crippen LogP contribution in [0.3, 0.4) is 0 Å². The van der Waals surface area contributed by atoms with Crippen LogP contribution in [0.25, 0.3) is 0 Å². The number of hydrogen-bond donors (Lipinski definition) is 2. The standard InChI is InChI=1S/C11H17NO3/c1-7(6-13)9(3)12-11(14)10-5-4-8(2)15-10/h4-5,7,9,13H,6H2,1-3H3,(H,12,14). The highest BCUT2D eigenvalue weighted by Crippen LogP contribution is 2.08. The molecule has 1 amide bonds. The molecule has 0 fully saturated rings. The number of aliphatic hydroxyl groups excluding tert-OH is 1. The van der Waals surface area contributed by atoms with Crippen molar-refractivity contribution in [2.45, 2.75) is 26.8 Å². The molecule has 0 radical (unpaired) electrons. The highest BCUT2D eigenvalue weighted by atomic mass is 16.3. The van der Waals surface area contributed by atoms with E-state index in [0.29, 0.717) is 11.5 Å². The van der Waals surface area contributed by atoms with Gasteiger partial charge in [0.25, 0.3) is 5.91 Å². The molecule has 2 atom stereocenters. The number of aryl methyl sites for hydroxylation is 1. The fraction of sp³-hybridized carbons (Fsp3) is 0.545. The van der Waals surface area contributed by atoms with Crippen molar-refractivity contribution in [3.63, 3.8) is 0 Å². The van der Waals surface area contributed by atoms with E-state index in [-0.39, 0.29) is 24.5 Å². The molecule has 0 spiro atoms. The minimum absolute atomic E-state index is 0.0324. The van der Waals surface area contributed by atoms with E-state index in [1.807, 2.05) is 13.8 Å². The Morgan fingerprint density at radius 2 is 2.20 bits per heavy atom. The number of carbonyl (C=O) groups excluding carboxylic acids is 1. The molecule has 0 bridgehead atoms. The first-order valence-electron chi connectivity index (χ1n) is 5.02. The first-order chi connectivity index (χ1) is 7.04. The molecule has 84 valence electrons. The van der Waals surface area contributed by atoms with Crippen LogP contribution in [0.2, 0.25) is 0 Å². The van der Waals surface area contributed by atoms with E-state index in [9.17, 15) is 4.79 Å². The van der Waals surface area contributed by atoms with Gasteiger partial charge in [0.15, 0.2) is 5.76 Å². The molecule has 0 saturated heterocycles. The van der Waals surface area contributed by atoms with Crippen molar-refractivity contribution >= 4 is 5.91 Å². The minimum Gasteiger partial charge on any atom is -0.456 e. The van der Waals surface area contributed by atoms with Gasteiger partial charge in [0, 0.05) is 12.6 Å². The molecule has 1 rings (SSSR count). The Morgan fingerprint density at radius 1 is 1.53 bits per heavy atom. The summed E-state index contributed by atoms with van der Waals surface area (Å²) >= 11 is 0. The fourth-order valence-electron chi connectivity index (χ4n) is 1.13. The van der Waals surface area contributed by atoms with Gasteiger partial charge < -0.3 is 14.8 Å². The fourth-order valence-corrected chi connectivity index (χ4v) is 1.13. The van der Waals surface area contributed by atoms with Crippen LogP contribution in [-0.2, 0) is 0 Å². The average molecular weight is 211 g/mol. The Balaban J connectivity index is 2.56. The van der Waals surface area contributed by atoms with E-state index in [4.69, 9.17) is 9.52 Å². The maximum absolute atomic E-state index is 11.6. The zero-order chi connectivity index (χ0) is 11.4. The van der Waals surface area contributed by atoms with Gasteiger partial charge in [-0.15, -0.1) is 0 Å². The van der Waals surface area contributed by atoms with Crippen LogP contribution in [0.15, 0.2) is 16.5 Å². The molecule has 0 saturated carbocycles. The van der Waals surface area contributed by atoms with Crippen LogP contribution in [-0.4, -0.2) is 23.7 Å². The molecular weight excluding hydrogens is 194 g/mol. The van der Waals surface area contributed by atoms with E-state index in [2.05, 4.69) is 5.32 Å². The Hall–Kier alpha value is -1.29. The Bertz CT molecular complexity index is 332. The molecule has 4 nitrogen and oxygen atoms in total. The number of nitrogens with one attached hydrogen (secondary N) is 1. The molecular formula is C11H17NO3. The van der Waals surface area contributed by atoms with Crippen LogP contribution in [0.1, 0.15) is 30.2 Å². The predicted octanol–water partition coefficient (Wildman–Crippen LogP) is 1.33. The molecule has 1 aromatic heterocycles. The number of furan rings is 1. The van der Waals surface area contributed by atoms with Gasteiger partial charge in [0.05, 0.1) is 0 Å². The largest absolute Gasteiger partial charge is 0.456 e. The Labute approximate surface area is 89.3 Å². The van der Waals surface area contributed by atoms with Crippen LogP contribution in [0, 0.1) is 12.8 Å². The molecule has 4 heteroatoms. The normalized spacial score (nSPS) is 14.7. The van der Waals surface area contributed by atoms with Gasteiger partial charge in [-0.1, -0.05) is 6.92 Å². The van der Waals surface area contributed by atoms with Crippen molar-refractivity contribution in [3.8, 4) is 0 Å². The lowest BCUT2D eigenvalue weighted by Crippen LogP contribution is -2.38. The van der Waals surface area contributed by atoms with Crippen molar-refractivity contribution < 1.29 is 14.3 Å². The highest BCUT2D eigenvalue weighted by molar-refractivity contribution is 5.91. The molecule has 0 aliphatic rings. The minimum atomic E-state index is -0.240. The molecule has 0 aliphatic heterocycles. The summed E-state index contributed by atoms with van der Waals surface area (Å²) in [5, 5.41) is 11.7. The monoisotopic (exact) mass is 211 g/mol. The van der Waals surface area contributed by atoms with Gasteiger partial charge in [0.1, 0.15) is 5.76 Å². The molecule has 0 aliphatic carbocycles. The molecule has 0 aromatic carbocycles. The van der Waals surface area contributed by atoms with Gasteiger partial charge in [-0.25, -0.2) is 0 Å². The maximum Gasteiger partial charge on any atom is 0.287 e. The lowest BCUT2D eigenvalue weighted by molar-refractivity contribution is 0.0887. The number of carbonyl (C=O) groups is 1. The van der Waals surface area contributed by atoms with Crippen LogP contribution < -0.4 is 5.32 Å². The first-order valence-corrected chi connectivity index (χ1v) is 5.02. The van der Waals surface area contributed by atoms with Gasteiger partial charge in [-0.3, -0.25) is 4.79 Å². The van der Waals surface area contributed by atoms with Gasteiger partial charge in [-0.05, 0) is 31.9 Å². The third-order valence-corrected chi connectivity index (χ3v) is 2.46. The number of rotatable bonds is 4. The summed E-state index contributed by atoms with van der Waals surface area (Å²) in [5.74, 6) is 0.813. The van der Waals surface area contributed by atoms with Crippen molar-refractivity contribution in [1.29, 1.82) is 0 Å². The second kappa shape index (κ2) is 4.98. The second-order valence-corrected chi connectivity index (χ2v) is 3.83. The van der Waals surface area contributed by atoms with Crippen LogP contribution >= 0.6 is 0 Å². The zero-order valence-corrected chi connectivity index (χ0v) is 9.28. The van der Waals surface area contributed by atoms with Gasteiger partial charge >= 0.3 is 0 Å². The third-order valence-electron chi connectivity index (χ3n) is 2.46. The third kappa shape index (κ3) is 3.09. The summed E-state index contributed by atoms with van der Waals surface area (Å²) in [6.45, 7) is 5.57. The van der Waals surface area contributed by atoms with E-state index < -0.39 is 0 Å². The SMILES string of the molecule is Cc1ccc(C(=O)NC(C)C(C)CO)o1. The van der Waals surface area contributed by atoms with E-state index in [0.717, 1.165) is 0 Å². The number of amides is 1. The van der Waals surface area contributed by atoms with Crippen molar-refractivity contribution in [2.75, 3.05) is 6.61 Å². The predicted molar refractivity (Wildman–Crippen MR) is 56.6 cm³/mol. The first kappa shape index (κ1) is 11.8. The number of hydrogen-bond acceptors (Lipinski definition) is 3. The van der Waals surface area contributed by atoms with Crippen LogP contribution in [0.5, 0.6) is 0 Å². The topological polar surface area (TPSA) is 62.5 Å². The van der Waals surface area contributed by atoms with Crippen molar-refractivity contribution in [2.24, 2.45) is 5.92 Å². The molecule has 2 N–H and O–H groups in total. The molecule has 2 unspecified atom stereocenters. The van der Waals surface area contributed by atoms with Gasteiger partial charge in [0.2, 0.25) is 0 Å². The second-order valence-electron chi connectivity index (χ2n) is 3.83. The molecule has 15 heavy (non-hydrogen) atoms.